The fourth-order valence-corrected chi connectivity index (χ4v) is 8.83. The number of likely N-dealkylation sites (tertiary alicyclic amines) is 1. The Balaban J connectivity index is 1.40. The lowest BCUT2D eigenvalue weighted by Crippen LogP contribution is -2.61. The number of amides is 7. The zero-order valence-corrected chi connectivity index (χ0v) is 41.5. The first-order valence-corrected chi connectivity index (χ1v) is 25.2. The van der Waals surface area contributed by atoms with Crippen molar-refractivity contribution in [3.8, 4) is 0 Å². The third-order valence-corrected chi connectivity index (χ3v) is 12.4. The van der Waals surface area contributed by atoms with Crippen molar-refractivity contribution in [1.82, 2.24) is 40.7 Å². The maximum absolute atomic E-state index is 14.1. The topological polar surface area (TPSA) is 339 Å². The maximum Gasteiger partial charge on any atom is 0.469 e. The van der Waals surface area contributed by atoms with Gasteiger partial charge < -0.3 is 56.2 Å². The number of unbranched alkanes of at least 4 members (excludes halogenated alkanes) is 3. The normalized spacial score (nSPS) is 16.0. The van der Waals surface area contributed by atoms with Crippen molar-refractivity contribution in [2.24, 2.45) is 16.8 Å². The van der Waals surface area contributed by atoms with Crippen molar-refractivity contribution in [3.05, 3.63) is 58.9 Å². The Morgan fingerprint density at radius 1 is 0.957 bits per heavy atom. The number of rotatable bonds is 28. The van der Waals surface area contributed by atoms with Crippen LogP contribution in [0.3, 0.4) is 0 Å². The Bertz CT molecular complexity index is 2330. The Hall–Kier alpha value is -6.11. The quantitative estimate of drug-likeness (QED) is 0.0219. The van der Waals surface area contributed by atoms with E-state index in [0.717, 1.165) is 19.8 Å². The molecule has 2 aromatic heterocycles. The van der Waals surface area contributed by atoms with Crippen LogP contribution in [0.15, 0.2) is 53.4 Å². The Labute approximate surface area is 409 Å². The number of aliphatic hydroxyl groups excluding tert-OH is 1. The molecule has 26 heteroatoms. The van der Waals surface area contributed by atoms with Gasteiger partial charge in [0.2, 0.25) is 41.4 Å². The van der Waals surface area contributed by atoms with Gasteiger partial charge >= 0.3 is 7.82 Å². The minimum absolute atomic E-state index is 0.113. The largest absolute Gasteiger partial charge is 0.469 e. The minimum Gasteiger partial charge on any atom is -0.396 e. The van der Waals surface area contributed by atoms with Crippen LogP contribution in [0.5, 0.6) is 0 Å². The lowest BCUT2D eigenvalue weighted by Gasteiger charge is -2.28. The second-order valence-electron chi connectivity index (χ2n) is 17.1. The average Bonchev–Trinajstić information content (AvgIpc) is 4.08. The van der Waals surface area contributed by atoms with E-state index in [1.165, 1.54) is 47.4 Å². The second-order valence-corrected chi connectivity index (χ2v) is 19.1. The molecule has 7 amide bonds. The molecule has 0 spiro atoms. The summed E-state index contributed by atoms with van der Waals surface area (Å²) in [7, 11) is -5.14. The summed E-state index contributed by atoms with van der Waals surface area (Å²) in [6, 6.07) is 2.25. The van der Waals surface area contributed by atoms with Gasteiger partial charge in [0.15, 0.2) is 5.82 Å². The Morgan fingerprint density at radius 2 is 1.63 bits per heavy atom. The van der Waals surface area contributed by atoms with Gasteiger partial charge in [0, 0.05) is 50.6 Å². The predicted octanol–water partition coefficient (Wildman–Crippen LogP) is 1.15. The number of oxime groups is 1. The van der Waals surface area contributed by atoms with Gasteiger partial charge in [-0.2, -0.15) is 0 Å². The van der Waals surface area contributed by atoms with Crippen molar-refractivity contribution in [2.45, 2.75) is 129 Å². The highest BCUT2D eigenvalue weighted by Gasteiger charge is 2.37. The van der Waals surface area contributed by atoms with Crippen LogP contribution in [0.1, 0.15) is 90.3 Å². The van der Waals surface area contributed by atoms with Crippen LogP contribution in [0.4, 0.5) is 11.5 Å². The third kappa shape index (κ3) is 17.7. The number of carbonyl (C=O) groups excluding carboxylic acids is 7. The van der Waals surface area contributed by atoms with Gasteiger partial charge in [-0.3, -0.25) is 43.0 Å². The van der Waals surface area contributed by atoms with Crippen LogP contribution in [0.25, 0.3) is 0 Å². The molecule has 70 heavy (non-hydrogen) atoms. The first-order valence-electron chi connectivity index (χ1n) is 22.8. The number of thiazole rings is 1. The smallest absolute Gasteiger partial charge is 0.396 e. The zero-order chi connectivity index (χ0) is 51.5. The van der Waals surface area contributed by atoms with E-state index in [0.29, 0.717) is 67.6 Å². The van der Waals surface area contributed by atoms with E-state index >= 15 is 0 Å². The number of aromatic nitrogens is 3. The summed E-state index contributed by atoms with van der Waals surface area (Å²) < 4.78 is 17.7. The number of carbonyl (C=O) groups is 7. The van der Waals surface area contributed by atoms with Gasteiger partial charge in [0.25, 0.3) is 0 Å². The van der Waals surface area contributed by atoms with Crippen molar-refractivity contribution < 1.29 is 62.4 Å². The number of anilines is 2. The number of benzene rings is 1. The van der Waals surface area contributed by atoms with Crippen LogP contribution >= 0.6 is 19.2 Å². The molecule has 4 rings (SSSR count). The highest BCUT2D eigenvalue weighted by atomic mass is 32.1. The highest BCUT2D eigenvalue weighted by molar-refractivity contribution is 7.46. The van der Waals surface area contributed by atoms with Gasteiger partial charge in [0.1, 0.15) is 48.0 Å². The molecule has 1 aliphatic rings. The summed E-state index contributed by atoms with van der Waals surface area (Å²) >= 11 is 1.32. The molecule has 0 bridgehead atoms. The Kier molecular flexibility index (Phi) is 22.0. The number of phosphoric acid groups is 1. The standard InChI is InChI=1S/C44H64N11O13PS/c1-27(2)20-33(49-44(63)36-16-13-18-54(36)29(4)57)41(60)48-34(42(61)50-35(24-56)43(62)52-39(40(45)59)28(3)68-69(64,65)66)21-32-22-46-26-53(32)17-11-6-7-12-19-67-47-23-38-51-37(25-70-38)55(30(5)58)31-14-9-8-10-15-31/h8-10,14-15,22-23,25-28,33-36,39,56H,6-7,11-13,16-21,24H2,1-5H3,(H2,45,59)(H,48,60)(H,49,63)(H,50,61)(H,52,62)(H2,64,65,66)/b47-23+/t28-,33+,34+,35+,36+,39+/m1/s1. The maximum atomic E-state index is 14.1. The van der Waals surface area contributed by atoms with E-state index in [2.05, 4.69) is 40.9 Å². The molecule has 1 aromatic carbocycles. The summed E-state index contributed by atoms with van der Waals surface area (Å²) in [6.45, 7) is 7.74. The van der Waals surface area contributed by atoms with E-state index in [9.17, 15) is 53.0 Å². The van der Waals surface area contributed by atoms with Crippen LogP contribution in [-0.4, -0.2) is 138 Å². The number of nitrogens with zero attached hydrogens (tertiary/aromatic N) is 6. The third-order valence-electron chi connectivity index (χ3n) is 11.0. The summed E-state index contributed by atoms with van der Waals surface area (Å²) in [5.74, 6) is -4.73. The number of aliphatic hydroxyl groups is 1. The fraction of sp³-hybridized carbons (Fsp3) is 0.545. The SMILES string of the molecule is CC(=O)N(c1ccccc1)c1csc(/C=N/OCCCCCCn2cncc2C[C@H](NC(=O)[C@H](CC(C)C)NC(=O)[C@@H]2CCCN2C(C)=O)C(=O)N[C@@H](CO)C(=O)N[C@H](C(N)=O)[C@@H](C)OP(=O)(O)O)n1. The molecule has 384 valence electrons. The van der Waals surface area contributed by atoms with Gasteiger partial charge in [-0.05, 0) is 63.5 Å². The minimum atomic E-state index is -5.14. The van der Waals surface area contributed by atoms with Crippen molar-refractivity contribution in [3.63, 3.8) is 0 Å². The number of imidazole rings is 1. The molecular formula is C44H64N11O13PS. The van der Waals surface area contributed by atoms with Crippen LogP contribution < -0.4 is 31.9 Å². The fourth-order valence-electron chi connectivity index (χ4n) is 7.65. The number of hydrogen-bond acceptors (Lipinski definition) is 15. The molecule has 0 radical (unpaired) electrons. The van der Waals surface area contributed by atoms with Gasteiger partial charge in [-0.15, -0.1) is 11.3 Å². The molecule has 3 heterocycles. The number of phosphoric ester groups is 1. The molecule has 0 unspecified atom stereocenters. The number of aryl methyl sites for hydroxylation is 1. The first kappa shape index (κ1) is 56.5. The van der Waals surface area contributed by atoms with E-state index in [-0.39, 0.29) is 30.6 Å². The van der Waals surface area contributed by atoms with Crippen molar-refractivity contribution >= 4 is 78.2 Å². The summed E-state index contributed by atoms with van der Waals surface area (Å²) in [6.07, 6.45) is 6.83. The van der Waals surface area contributed by atoms with E-state index in [1.807, 2.05) is 44.2 Å². The van der Waals surface area contributed by atoms with Crippen molar-refractivity contribution in [1.29, 1.82) is 0 Å². The molecular weight excluding hydrogens is 954 g/mol. The van der Waals surface area contributed by atoms with E-state index in [1.54, 1.807) is 16.3 Å². The number of hydrogen-bond donors (Lipinski definition) is 8. The van der Waals surface area contributed by atoms with Gasteiger partial charge in [-0.25, -0.2) is 14.5 Å². The number of para-hydroxylation sites is 1. The first-order chi connectivity index (χ1) is 33.2. The molecule has 0 saturated carbocycles. The summed E-state index contributed by atoms with van der Waals surface area (Å²) in [5, 5.41) is 26.5. The molecule has 6 atom stereocenters. The second kappa shape index (κ2) is 27.3. The van der Waals surface area contributed by atoms with E-state index < -0.39 is 80.3 Å². The van der Waals surface area contributed by atoms with Gasteiger partial charge in [-0.1, -0.05) is 43.6 Å². The molecule has 3 aromatic rings. The highest BCUT2D eigenvalue weighted by Crippen LogP contribution is 2.38. The summed E-state index contributed by atoms with van der Waals surface area (Å²) in [4.78, 5) is 127. The number of nitrogens with one attached hydrogen (secondary N) is 4. The van der Waals surface area contributed by atoms with E-state index in [4.69, 9.17) is 10.6 Å². The molecule has 1 saturated heterocycles. The lowest BCUT2D eigenvalue weighted by molar-refractivity contribution is -0.139. The molecule has 1 fully saturated rings. The molecule has 1 aliphatic heterocycles. The zero-order valence-electron chi connectivity index (χ0n) is 39.8. The van der Waals surface area contributed by atoms with Crippen LogP contribution in [-0.2, 0) is 60.5 Å². The number of primary amides is 1. The monoisotopic (exact) mass is 1020 g/mol. The predicted molar refractivity (Wildman–Crippen MR) is 256 cm³/mol. The lowest BCUT2D eigenvalue weighted by atomic mass is 10.0. The molecule has 24 nitrogen and oxygen atoms in total. The average molecular weight is 1020 g/mol. The van der Waals surface area contributed by atoms with Gasteiger partial charge in [0.05, 0.1) is 24.7 Å². The number of nitrogens with two attached hydrogens (primary N) is 1. The molecule has 9 N–H and O–H groups in total. The van der Waals surface area contributed by atoms with Crippen LogP contribution in [0, 0.1) is 5.92 Å². The van der Waals surface area contributed by atoms with Crippen molar-refractivity contribution in [2.75, 3.05) is 24.7 Å². The Morgan fingerprint density at radius 3 is 2.27 bits per heavy atom. The molecule has 0 aliphatic carbocycles. The van der Waals surface area contributed by atoms with Crippen LogP contribution in [0.2, 0.25) is 0 Å². The summed E-state index contributed by atoms with van der Waals surface area (Å²) in [5.41, 5.74) is 6.56.